The molecular weight excluding hydrogens is 252 g/mol. The number of rotatable bonds is 3. The highest BCUT2D eigenvalue weighted by Crippen LogP contribution is 2.36. The van der Waals surface area contributed by atoms with Crippen molar-refractivity contribution in [2.24, 2.45) is 5.92 Å². The first-order valence-electron chi connectivity index (χ1n) is 7.52. The highest BCUT2D eigenvalue weighted by Gasteiger charge is 2.38. The average Bonchev–Trinajstić information content (AvgIpc) is 2.90. The van der Waals surface area contributed by atoms with Crippen LogP contribution in [0.5, 0.6) is 5.75 Å². The van der Waals surface area contributed by atoms with Crippen LogP contribution in [-0.4, -0.2) is 30.0 Å². The summed E-state index contributed by atoms with van der Waals surface area (Å²) in [4.78, 5) is 14.4. The molecule has 2 atom stereocenters. The molecule has 108 valence electrons. The van der Waals surface area contributed by atoms with E-state index in [4.69, 9.17) is 10.5 Å². The number of likely N-dealkylation sites (tertiary alicyclic amines) is 1. The molecule has 4 heteroatoms. The van der Waals surface area contributed by atoms with Crippen molar-refractivity contribution in [3.05, 3.63) is 24.3 Å². The number of hydrogen-bond donors (Lipinski definition) is 1. The molecule has 1 aromatic rings. The van der Waals surface area contributed by atoms with E-state index in [1.165, 1.54) is 19.3 Å². The van der Waals surface area contributed by atoms with Gasteiger partial charge >= 0.3 is 0 Å². The second kappa shape index (κ2) is 5.73. The molecule has 0 spiro atoms. The topological polar surface area (TPSA) is 55.6 Å². The van der Waals surface area contributed by atoms with Crippen molar-refractivity contribution < 1.29 is 9.53 Å². The number of hydrogen-bond acceptors (Lipinski definition) is 3. The van der Waals surface area contributed by atoms with Crippen molar-refractivity contribution in [1.82, 2.24) is 4.90 Å². The lowest BCUT2D eigenvalue weighted by Crippen LogP contribution is -2.41. The van der Waals surface area contributed by atoms with E-state index < -0.39 is 0 Å². The summed E-state index contributed by atoms with van der Waals surface area (Å²) in [6.45, 7) is 1.03. The zero-order valence-electron chi connectivity index (χ0n) is 11.8. The normalized spacial score (nSPS) is 25.3. The quantitative estimate of drug-likeness (QED) is 0.861. The number of nitrogen functional groups attached to an aromatic ring is 1. The summed E-state index contributed by atoms with van der Waals surface area (Å²) in [6, 6.07) is 7.64. The molecule has 0 radical (unpaired) electrons. The number of anilines is 1. The van der Waals surface area contributed by atoms with Crippen LogP contribution in [0.25, 0.3) is 0 Å². The molecule has 4 nitrogen and oxygen atoms in total. The van der Waals surface area contributed by atoms with E-state index in [-0.39, 0.29) is 12.5 Å². The van der Waals surface area contributed by atoms with Crippen LogP contribution in [0.2, 0.25) is 0 Å². The fraction of sp³-hybridized carbons (Fsp3) is 0.562. The maximum absolute atomic E-state index is 12.3. The summed E-state index contributed by atoms with van der Waals surface area (Å²) in [5, 5.41) is 0. The molecule has 0 bridgehead atoms. The Balaban J connectivity index is 1.55. The molecule has 1 aliphatic heterocycles. The third kappa shape index (κ3) is 2.74. The average molecular weight is 274 g/mol. The molecule has 1 aromatic carbocycles. The molecule has 2 N–H and O–H groups in total. The molecule has 2 aliphatic rings. The zero-order chi connectivity index (χ0) is 13.9. The molecule has 1 saturated carbocycles. The van der Waals surface area contributed by atoms with Gasteiger partial charge in [0.1, 0.15) is 5.75 Å². The minimum Gasteiger partial charge on any atom is -0.484 e. The zero-order valence-corrected chi connectivity index (χ0v) is 11.8. The smallest absolute Gasteiger partial charge is 0.260 e. The van der Waals surface area contributed by atoms with Gasteiger partial charge in [0.25, 0.3) is 5.91 Å². The van der Waals surface area contributed by atoms with Crippen molar-refractivity contribution in [1.29, 1.82) is 0 Å². The van der Waals surface area contributed by atoms with Crippen LogP contribution in [0, 0.1) is 5.92 Å². The van der Waals surface area contributed by atoms with Crippen molar-refractivity contribution in [2.75, 3.05) is 18.9 Å². The van der Waals surface area contributed by atoms with E-state index in [1.807, 2.05) is 4.90 Å². The van der Waals surface area contributed by atoms with Gasteiger partial charge in [0, 0.05) is 18.3 Å². The predicted octanol–water partition coefficient (Wildman–Crippen LogP) is 2.44. The third-order valence-electron chi connectivity index (χ3n) is 4.57. The molecular formula is C16H22N2O2. The molecule has 3 rings (SSSR count). The van der Waals surface area contributed by atoms with Crippen molar-refractivity contribution >= 4 is 11.6 Å². The van der Waals surface area contributed by atoms with Gasteiger partial charge in [-0.1, -0.05) is 12.8 Å². The summed E-state index contributed by atoms with van der Waals surface area (Å²) in [6.07, 6.45) is 6.19. The first kappa shape index (κ1) is 13.3. The van der Waals surface area contributed by atoms with Crippen LogP contribution in [0.3, 0.4) is 0 Å². The summed E-state index contributed by atoms with van der Waals surface area (Å²) < 4.78 is 5.57. The van der Waals surface area contributed by atoms with E-state index >= 15 is 0 Å². The van der Waals surface area contributed by atoms with Gasteiger partial charge in [-0.25, -0.2) is 0 Å². The number of carbonyl (C=O) groups excluding carboxylic acids is 1. The first-order valence-corrected chi connectivity index (χ1v) is 7.52. The van der Waals surface area contributed by atoms with E-state index in [2.05, 4.69) is 0 Å². The summed E-state index contributed by atoms with van der Waals surface area (Å²) >= 11 is 0. The molecule has 1 saturated heterocycles. The molecule has 2 unspecified atom stereocenters. The number of carbonyl (C=O) groups is 1. The lowest BCUT2D eigenvalue weighted by molar-refractivity contribution is -0.134. The lowest BCUT2D eigenvalue weighted by atomic mass is 9.85. The van der Waals surface area contributed by atoms with E-state index in [0.717, 1.165) is 25.3 Å². The Bertz CT molecular complexity index is 472. The fourth-order valence-electron chi connectivity index (χ4n) is 3.51. The van der Waals surface area contributed by atoms with E-state index in [1.54, 1.807) is 24.3 Å². The van der Waals surface area contributed by atoms with Crippen LogP contribution in [0.15, 0.2) is 24.3 Å². The van der Waals surface area contributed by atoms with Gasteiger partial charge in [-0.3, -0.25) is 4.79 Å². The van der Waals surface area contributed by atoms with Gasteiger partial charge in [-0.2, -0.15) is 0 Å². The lowest BCUT2D eigenvalue weighted by Gasteiger charge is -2.31. The highest BCUT2D eigenvalue weighted by atomic mass is 16.5. The predicted molar refractivity (Wildman–Crippen MR) is 78.4 cm³/mol. The SMILES string of the molecule is Nc1ccc(OCC(=O)N2CCC3CCCCC32)cc1. The fourth-order valence-corrected chi connectivity index (χ4v) is 3.51. The van der Waals surface area contributed by atoms with Crippen LogP contribution >= 0.6 is 0 Å². The Hall–Kier alpha value is -1.71. The second-order valence-electron chi connectivity index (χ2n) is 5.85. The van der Waals surface area contributed by atoms with Gasteiger partial charge in [-0.05, 0) is 49.4 Å². The number of benzene rings is 1. The Morgan fingerprint density at radius 3 is 2.75 bits per heavy atom. The third-order valence-corrected chi connectivity index (χ3v) is 4.57. The van der Waals surface area contributed by atoms with Crippen LogP contribution in [-0.2, 0) is 4.79 Å². The van der Waals surface area contributed by atoms with Gasteiger partial charge in [0.05, 0.1) is 0 Å². The largest absolute Gasteiger partial charge is 0.484 e. The van der Waals surface area contributed by atoms with Gasteiger partial charge in [0.15, 0.2) is 6.61 Å². The van der Waals surface area contributed by atoms with Crippen molar-refractivity contribution in [2.45, 2.75) is 38.1 Å². The summed E-state index contributed by atoms with van der Waals surface area (Å²) in [5.41, 5.74) is 6.33. The number of fused-ring (bicyclic) bond motifs is 1. The number of ether oxygens (including phenoxy) is 1. The molecule has 0 aromatic heterocycles. The van der Waals surface area contributed by atoms with Crippen LogP contribution in [0.4, 0.5) is 5.69 Å². The van der Waals surface area contributed by atoms with Gasteiger partial charge in [-0.15, -0.1) is 0 Å². The van der Waals surface area contributed by atoms with Gasteiger partial charge in [0.2, 0.25) is 0 Å². The number of amides is 1. The maximum atomic E-state index is 12.3. The Morgan fingerprint density at radius 2 is 1.95 bits per heavy atom. The second-order valence-corrected chi connectivity index (χ2v) is 5.85. The molecule has 1 amide bonds. The summed E-state index contributed by atoms with van der Waals surface area (Å²) in [5.74, 6) is 1.55. The monoisotopic (exact) mass is 274 g/mol. The van der Waals surface area contributed by atoms with Crippen LogP contribution in [0.1, 0.15) is 32.1 Å². The van der Waals surface area contributed by atoms with Crippen molar-refractivity contribution in [3.8, 4) is 5.75 Å². The first-order chi connectivity index (χ1) is 9.74. The Kier molecular flexibility index (Phi) is 3.81. The molecule has 1 aliphatic carbocycles. The molecule has 1 heterocycles. The standard InChI is InChI=1S/C16H22N2O2/c17-13-5-7-14(8-6-13)20-11-16(19)18-10-9-12-3-1-2-4-15(12)18/h5-8,12,15H,1-4,9-11,17H2. The van der Waals surface area contributed by atoms with E-state index in [0.29, 0.717) is 17.5 Å². The maximum Gasteiger partial charge on any atom is 0.260 e. The van der Waals surface area contributed by atoms with Gasteiger partial charge < -0.3 is 15.4 Å². The van der Waals surface area contributed by atoms with Crippen molar-refractivity contribution in [3.63, 3.8) is 0 Å². The Labute approximate surface area is 119 Å². The number of nitrogens with zero attached hydrogens (tertiary/aromatic N) is 1. The highest BCUT2D eigenvalue weighted by molar-refractivity contribution is 5.78. The van der Waals surface area contributed by atoms with E-state index in [9.17, 15) is 4.79 Å². The Morgan fingerprint density at radius 1 is 1.20 bits per heavy atom. The molecule has 20 heavy (non-hydrogen) atoms. The minimum atomic E-state index is 0.122. The van der Waals surface area contributed by atoms with Crippen LogP contribution < -0.4 is 10.5 Å². The minimum absolute atomic E-state index is 0.122. The molecule has 2 fully saturated rings. The summed E-state index contributed by atoms with van der Waals surface area (Å²) in [7, 11) is 0. The number of nitrogens with two attached hydrogens (primary N) is 1.